The summed E-state index contributed by atoms with van der Waals surface area (Å²) in [6.07, 6.45) is 1.81. The monoisotopic (exact) mass is 196 g/mol. The summed E-state index contributed by atoms with van der Waals surface area (Å²) in [7, 11) is 0. The van der Waals surface area contributed by atoms with Crippen LogP contribution in [0.4, 0.5) is 0 Å². The van der Waals surface area contributed by atoms with E-state index in [2.05, 4.69) is 16.9 Å². The van der Waals surface area contributed by atoms with Gasteiger partial charge in [-0.25, -0.2) is 9.97 Å². The van der Waals surface area contributed by atoms with Gasteiger partial charge < -0.3 is 0 Å². The molecule has 12 heavy (non-hydrogen) atoms. The third kappa shape index (κ3) is 1.28. The number of aryl methyl sites for hydroxylation is 2. The SMILES string of the molecule is Cc1nc(-c2nccs2)c(C)s1. The molecule has 0 saturated carbocycles. The van der Waals surface area contributed by atoms with E-state index in [0.29, 0.717) is 0 Å². The van der Waals surface area contributed by atoms with Gasteiger partial charge in [0.2, 0.25) is 0 Å². The molecule has 0 saturated heterocycles. The molecule has 0 N–H and O–H groups in total. The highest BCUT2D eigenvalue weighted by atomic mass is 32.1. The van der Waals surface area contributed by atoms with Crippen LogP contribution in [0.25, 0.3) is 10.7 Å². The maximum Gasteiger partial charge on any atom is 0.142 e. The van der Waals surface area contributed by atoms with Gasteiger partial charge in [0.15, 0.2) is 0 Å². The predicted molar refractivity (Wildman–Crippen MR) is 52.7 cm³/mol. The Bertz CT molecular complexity index is 376. The Morgan fingerprint density at radius 2 is 2.17 bits per heavy atom. The van der Waals surface area contributed by atoms with Crippen molar-refractivity contribution in [1.29, 1.82) is 0 Å². The number of rotatable bonds is 1. The standard InChI is InChI=1S/C8H8N2S2/c1-5-7(10-6(2)12-5)8-9-3-4-11-8/h3-4H,1-2H3. The van der Waals surface area contributed by atoms with Crippen LogP contribution in [-0.2, 0) is 0 Å². The normalized spacial score (nSPS) is 10.5. The lowest BCUT2D eigenvalue weighted by Gasteiger charge is -1.88. The van der Waals surface area contributed by atoms with E-state index in [1.54, 1.807) is 22.7 Å². The number of aromatic nitrogens is 2. The lowest BCUT2D eigenvalue weighted by atomic mass is 10.4. The number of hydrogen-bond donors (Lipinski definition) is 0. The molecule has 2 nitrogen and oxygen atoms in total. The van der Waals surface area contributed by atoms with Gasteiger partial charge in [0.1, 0.15) is 10.7 Å². The third-order valence-corrected chi connectivity index (χ3v) is 3.20. The van der Waals surface area contributed by atoms with Crippen LogP contribution in [0.1, 0.15) is 9.88 Å². The van der Waals surface area contributed by atoms with Crippen LogP contribution in [0.15, 0.2) is 11.6 Å². The average Bonchev–Trinajstić information content (AvgIpc) is 2.58. The van der Waals surface area contributed by atoms with E-state index in [1.807, 2.05) is 18.5 Å². The van der Waals surface area contributed by atoms with Crippen molar-refractivity contribution in [2.24, 2.45) is 0 Å². The lowest BCUT2D eigenvalue weighted by Crippen LogP contribution is -1.77. The van der Waals surface area contributed by atoms with Crippen molar-refractivity contribution in [3.05, 3.63) is 21.5 Å². The summed E-state index contributed by atoms with van der Waals surface area (Å²) < 4.78 is 0. The largest absolute Gasteiger partial charge is 0.243 e. The highest BCUT2D eigenvalue weighted by molar-refractivity contribution is 7.14. The van der Waals surface area contributed by atoms with Gasteiger partial charge in [0.25, 0.3) is 0 Å². The highest BCUT2D eigenvalue weighted by Gasteiger charge is 2.08. The topological polar surface area (TPSA) is 25.8 Å². The molecule has 0 spiro atoms. The molecule has 0 aliphatic carbocycles. The summed E-state index contributed by atoms with van der Waals surface area (Å²) in [4.78, 5) is 9.89. The zero-order chi connectivity index (χ0) is 8.55. The van der Waals surface area contributed by atoms with Gasteiger partial charge in [-0.15, -0.1) is 22.7 Å². The van der Waals surface area contributed by atoms with Gasteiger partial charge in [-0.2, -0.15) is 0 Å². The molecule has 0 atom stereocenters. The summed E-state index contributed by atoms with van der Waals surface area (Å²) in [6, 6.07) is 0. The third-order valence-electron chi connectivity index (χ3n) is 1.54. The van der Waals surface area contributed by atoms with E-state index in [-0.39, 0.29) is 0 Å². The predicted octanol–water partition coefficient (Wildman–Crippen LogP) is 2.88. The van der Waals surface area contributed by atoms with E-state index in [0.717, 1.165) is 15.7 Å². The summed E-state index contributed by atoms with van der Waals surface area (Å²) in [5.41, 5.74) is 1.05. The molecule has 2 rings (SSSR count). The van der Waals surface area contributed by atoms with Crippen LogP contribution in [0.3, 0.4) is 0 Å². The van der Waals surface area contributed by atoms with Gasteiger partial charge >= 0.3 is 0 Å². The summed E-state index contributed by atoms with van der Waals surface area (Å²) in [6.45, 7) is 4.11. The first kappa shape index (κ1) is 7.89. The molecule has 0 aromatic carbocycles. The van der Waals surface area contributed by atoms with Crippen LogP contribution in [0.5, 0.6) is 0 Å². The molecule has 2 aromatic rings. The molecule has 62 valence electrons. The van der Waals surface area contributed by atoms with Gasteiger partial charge in [-0.1, -0.05) is 0 Å². The number of nitrogens with zero attached hydrogens (tertiary/aromatic N) is 2. The van der Waals surface area contributed by atoms with Crippen molar-refractivity contribution < 1.29 is 0 Å². The molecule has 0 amide bonds. The molecule has 0 unspecified atom stereocenters. The Kier molecular flexibility index (Phi) is 1.94. The van der Waals surface area contributed by atoms with Crippen LogP contribution in [0.2, 0.25) is 0 Å². The molecule has 0 bridgehead atoms. The first-order valence-electron chi connectivity index (χ1n) is 3.61. The van der Waals surface area contributed by atoms with Crippen LogP contribution in [-0.4, -0.2) is 9.97 Å². The fourth-order valence-electron chi connectivity index (χ4n) is 1.07. The Labute approximate surface area is 78.9 Å². The second-order valence-corrected chi connectivity index (χ2v) is 4.78. The smallest absolute Gasteiger partial charge is 0.142 e. The summed E-state index contributed by atoms with van der Waals surface area (Å²) >= 11 is 3.36. The molecule has 0 aliphatic rings. The second-order valence-electron chi connectivity index (χ2n) is 2.47. The minimum atomic E-state index is 1.02. The van der Waals surface area contributed by atoms with E-state index in [4.69, 9.17) is 0 Å². The molecule has 4 heteroatoms. The molecular formula is C8H8N2S2. The fraction of sp³-hybridized carbons (Fsp3) is 0.250. The maximum absolute atomic E-state index is 4.42. The quantitative estimate of drug-likeness (QED) is 0.701. The first-order valence-corrected chi connectivity index (χ1v) is 5.31. The molecule has 0 radical (unpaired) electrons. The fourth-order valence-corrected chi connectivity index (χ4v) is 2.63. The zero-order valence-corrected chi connectivity index (χ0v) is 8.50. The van der Waals surface area contributed by atoms with Crippen molar-refractivity contribution in [2.45, 2.75) is 13.8 Å². The number of hydrogen-bond acceptors (Lipinski definition) is 4. The molecule has 2 heterocycles. The minimum absolute atomic E-state index is 1.02. The molecular weight excluding hydrogens is 188 g/mol. The maximum atomic E-state index is 4.42. The molecule has 2 aromatic heterocycles. The average molecular weight is 196 g/mol. The van der Waals surface area contributed by atoms with E-state index < -0.39 is 0 Å². The van der Waals surface area contributed by atoms with Gasteiger partial charge in [0, 0.05) is 16.5 Å². The summed E-state index contributed by atoms with van der Waals surface area (Å²) in [5.74, 6) is 0. The van der Waals surface area contributed by atoms with Crippen molar-refractivity contribution >= 4 is 22.7 Å². The van der Waals surface area contributed by atoms with Crippen molar-refractivity contribution in [1.82, 2.24) is 9.97 Å². The Hall–Kier alpha value is -0.740. The van der Waals surface area contributed by atoms with Crippen molar-refractivity contribution in [2.75, 3.05) is 0 Å². The van der Waals surface area contributed by atoms with Crippen molar-refractivity contribution in [3.63, 3.8) is 0 Å². The van der Waals surface area contributed by atoms with Crippen LogP contribution < -0.4 is 0 Å². The Morgan fingerprint density at radius 3 is 2.67 bits per heavy atom. The Morgan fingerprint density at radius 1 is 1.33 bits per heavy atom. The van der Waals surface area contributed by atoms with Gasteiger partial charge in [-0.05, 0) is 13.8 Å². The number of thiazole rings is 2. The molecule has 0 fully saturated rings. The van der Waals surface area contributed by atoms with Gasteiger partial charge in [0.05, 0.1) is 5.01 Å². The lowest BCUT2D eigenvalue weighted by molar-refractivity contribution is 1.26. The minimum Gasteiger partial charge on any atom is -0.243 e. The van der Waals surface area contributed by atoms with E-state index in [1.165, 1.54) is 4.88 Å². The van der Waals surface area contributed by atoms with Crippen LogP contribution in [0, 0.1) is 13.8 Å². The zero-order valence-electron chi connectivity index (χ0n) is 6.87. The molecule has 0 aliphatic heterocycles. The van der Waals surface area contributed by atoms with E-state index in [9.17, 15) is 0 Å². The summed E-state index contributed by atoms with van der Waals surface area (Å²) in [5, 5.41) is 4.11. The van der Waals surface area contributed by atoms with Gasteiger partial charge in [-0.3, -0.25) is 0 Å². The second kappa shape index (κ2) is 2.95. The van der Waals surface area contributed by atoms with Crippen molar-refractivity contribution in [3.8, 4) is 10.7 Å². The van der Waals surface area contributed by atoms with Crippen LogP contribution >= 0.6 is 22.7 Å². The highest BCUT2D eigenvalue weighted by Crippen LogP contribution is 2.28. The first-order chi connectivity index (χ1) is 5.77. The Balaban J connectivity index is 2.54. The van der Waals surface area contributed by atoms with E-state index >= 15 is 0 Å².